The van der Waals surface area contributed by atoms with Crippen molar-refractivity contribution >= 4 is 32.6 Å². The van der Waals surface area contributed by atoms with Crippen molar-refractivity contribution in [3.8, 4) is 0 Å². The topological polar surface area (TPSA) is 63.5 Å². The average molecular weight is 400 g/mol. The van der Waals surface area contributed by atoms with Gasteiger partial charge < -0.3 is 4.74 Å². The summed E-state index contributed by atoms with van der Waals surface area (Å²) in [6, 6.07) is 7.99. The van der Waals surface area contributed by atoms with Crippen LogP contribution < -0.4 is 4.90 Å². The van der Waals surface area contributed by atoms with E-state index in [1.54, 1.807) is 16.2 Å². The van der Waals surface area contributed by atoms with Crippen LogP contribution in [0.1, 0.15) is 25.5 Å². The standard InChI is InChI=1S/C20H25N5O2S/c1-3-24-12-15(11-21-24)17-13-23(9-10-27-17)14-19(26)25(4-2)20-22-16-7-5-6-8-18(16)28-20/h5-8,11-12,17H,3-4,9-10,13-14H2,1-2H3. The Bertz CT molecular complexity index is 920. The Morgan fingerprint density at radius 1 is 1.36 bits per heavy atom. The van der Waals surface area contributed by atoms with E-state index in [9.17, 15) is 4.79 Å². The van der Waals surface area contributed by atoms with Gasteiger partial charge in [0.15, 0.2) is 5.13 Å². The van der Waals surface area contributed by atoms with Crippen LogP contribution in [0.2, 0.25) is 0 Å². The second-order valence-corrected chi connectivity index (χ2v) is 7.84. The number of carbonyl (C=O) groups is 1. The molecule has 0 spiro atoms. The van der Waals surface area contributed by atoms with E-state index >= 15 is 0 Å². The van der Waals surface area contributed by atoms with Crippen LogP contribution in [-0.4, -0.2) is 58.4 Å². The van der Waals surface area contributed by atoms with Crippen LogP contribution >= 0.6 is 11.3 Å². The van der Waals surface area contributed by atoms with E-state index < -0.39 is 0 Å². The molecule has 1 aromatic carbocycles. The number of amides is 1. The fourth-order valence-electron chi connectivity index (χ4n) is 3.44. The van der Waals surface area contributed by atoms with Gasteiger partial charge in [-0.2, -0.15) is 5.10 Å². The van der Waals surface area contributed by atoms with Gasteiger partial charge in [-0.15, -0.1) is 0 Å². The van der Waals surface area contributed by atoms with Gasteiger partial charge in [0.05, 0.1) is 35.7 Å². The van der Waals surface area contributed by atoms with E-state index in [-0.39, 0.29) is 12.0 Å². The fourth-order valence-corrected chi connectivity index (χ4v) is 4.48. The smallest absolute Gasteiger partial charge is 0.242 e. The highest BCUT2D eigenvalue weighted by molar-refractivity contribution is 7.22. The van der Waals surface area contributed by atoms with Crippen LogP contribution in [0, 0.1) is 0 Å². The van der Waals surface area contributed by atoms with Crippen molar-refractivity contribution in [1.29, 1.82) is 0 Å². The molecule has 4 rings (SSSR count). The molecule has 8 heteroatoms. The van der Waals surface area contributed by atoms with Gasteiger partial charge in [-0.3, -0.25) is 19.3 Å². The molecule has 0 aliphatic carbocycles. The molecule has 1 atom stereocenters. The lowest BCUT2D eigenvalue weighted by atomic mass is 10.1. The molecule has 3 heterocycles. The number of thiazole rings is 1. The van der Waals surface area contributed by atoms with Crippen molar-refractivity contribution in [2.45, 2.75) is 26.5 Å². The first-order chi connectivity index (χ1) is 13.7. The number of hydrogen-bond acceptors (Lipinski definition) is 6. The highest BCUT2D eigenvalue weighted by Crippen LogP contribution is 2.29. The highest BCUT2D eigenvalue weighted by atomic mass is 32.1. The Kier molecular flexibility index (Phi) is 5.70. The molecule has 0 saturated carbocycles. The number of anilines is 1. The average Bonchev–Trinajstić information content (AvgIpc) is 3.35. The summed E-state index contributed by atoms with van der Waals surface area (Å²) in [5.41, 5.74) is 2.01. The minimum Gasteiger partial charge on any atom is -0.371 e. The summed E-state index contributed by atoms with van der Waals surface area (Å²) in [6.07, 6.45) is 3.84. The molecule has 1 unspecified atom stereocenters. The van der Waals surface area contributed by atoms with Gasteiger partial charge in [-0.1, -0.05) is 23.5 Å². The first-order valence-corrected chi connectivity index (χ1v) is 10.5. The van der Waals surface area contributed by atoms with Crippen LogP contribution in [0.4, 0.5) is 5.13 Å². The van der Waals surface area contributed by atoms with Gasteiger partial charge in [0.1, 0.15) is 0 Å². The van der Waals surface area contributed by atoms with E-state index in [4.69, 9.17) is 4.74 Å². The third-order valence-corrected chi connectivity index (χ3v) is 6.05. The lowest BCUT2D eigenvalue weighted by Gasteiger charge is -2.33. The van der Waals surface area contributed by atoms with E-state index in [0.717, 1.165) is 34.0 Å². The van der Waals surface area contributed by atoms with Crippen molar-refractivity contribution in [1.82, 2.24) is 19.7 Å². The number of aromatic nitrogens is 3. The number of nitrogens with zero attached hydrogens (tertiary/aromatic N) is 5. The van der Waals surface area contributed by atoms with Crippen molar-refractivity contribution in [2.75, 3.05) is 37.7 Å². The molecule has 1 aliphatic heterocycles. The van der Waals surface area contributed by atoms with Gasteiger partial charge in [-0.05, 0) is 26.0 Å². The predicted octanol–water partition coefficient (Wildman–Crippen LogP) is 2.94. The van der Waals surface area contributed by atoms with Crippen LogP contribution in [0.5, 0.6) is 0 Å². The number of ether oxygens (including phenoxy) is 1. The third kappa shape index (κ3) is 3.94. The Morgan fingerprint density at radius 2 is 2.21 bits per heavy atom. The van der Waals surface area contributed by atoms with Crippen molar-refractivity contribution in [3.05, 3.63) is 42.2 Å². The largest absolute Gasteiger partial charge is 0.371 e. The number of fused-ring (bicyclic) bond motifs is 1. The number of likely N-dealkylation sites (N-methyl/N-ethyl adjacent to an activating group) is 1. The number of carbonyl (C=O) groups excluding carboxylic acids is 1. The molecule has 28 heavy (non-hydrogen) atoms. The first-order valence-electron chi connectivity index (χ1n) is 9.70. The van der Waals surface area contributed by atoms with Gasteiger partial charge in [0.2, 0.25) is 5.91 Å². The molecule has 7 nitrogen and oxygen atoms in total. The Balaban J connectivity index is 1.43. The minimum absolute atomic E-state index is 0.0422. The molecule has 1 fully saturated rings. The summed E-state index contributed by atoms with van der Waals surface area (Å²) in [5.74, 6) is 0.0754. The summed E-state index contributed by atoms with van der Waals surface area (Å²) in [5, 5.41) is 5.10. The predicted molar refractivity (Wildman–Crippen MR) is 111 cm³/mol. The molecule has 3 aromatic rings. The molecule has 1 saturated heterocycles. The number of morpholine rings is 1. The zero-order valence-corrected chi connectivity index (χ0v) is 17.1. The number of hydrogen-bond donors (Lipinski definition) is 0. The van der Waals surface area contributed by atoms with Crippen molar-refractivity contribution in [3.63, 3.8) is 0 Å². The molecule has 2 aromatic heterocycles. The van der Waals surface area contributed by atoms with Gasteiger partial charge in [-0.25, -0.2) is 4.98 Å². The summed E-state index contributed by atoms with van der Waals surface area (Å²) < 4.78 is 8.91. The summed E-state index contributed by atoms with van der Waals surface area (Å²) in [6.45, 7) is 7.92. The zero-order valence-electron chi connectivity index (χ0n) is 16.2. The SMILES string of the molecule is CCN(C(=O)CN1CCOC(c2cnn(CC)c2)C1)c1nc2ccccc2s1. The summed E-state index contributed by atoms with van der Waals surface area (Å²) in [7, 11) is 0. The molecule has 0 N–H and O–H groups in total. The number of aryl methyl sites for hydroxylation is 1. The van der Waals surface area contributed by atoms with Crippen LogP contribution in [0.15, 0.2) is 36.7 Å². The van der Waals surface area contributed by atoms with E-state index in [1.165, 1.54) is 0 Å². The molecule has 1 amide bonds. The van der Waals surface area contributed by atoms with Crippen LogP contribution in [0.25, 0.3) is 10.2 Å². The Morgan fingerprint density at radius 3 is 2.96 bits per heavy atom. The Hall–Kier alpha value is -2.29. The van der Waals surface area contributed by atoms with Crippen molar-refractivity contribution < 1.29 is 9.53 Å². The molecule has 1 aliphatic rings. The summed E-state index contributed by atoms with van der Waals surface area (Å²) >= 11 is 1.56. The maximum atomic E-state index is 13.0. The lowest BCUT2D eigenvalue weighted by molar-refractivity contribution is -0.121. The van der Waals surface area contributed by atoms with Gasteiger partial charge in [0.25, 0.3) is 0 Å². The van der Waals surface area contributed by atoms with Gasteiger partial charge in [0, 0.05) is 37.9 Å². The monoisotopic (exact) mass is 399 g/mol. The second-order valence-electron chi connectivity index (χ2n) is 6.83. The van der Waals surface area contributed by atoms with Gasteiger partial charge >= 0.3 is 0 Å². The van der Waals surface area contributed by atoms with Crippen LogP contribution in [-0.2, 0) is 16.1 Å². The first kappa shape index (κ1) is 19.0. The van der Waals surface area contributed by atoms with E-state index in [1.807, 2.05) is 48.3 Å². The Labute approximate surface area is 168 Å². The minimum atomic E-state index is -0.0422. The molecular weight excluding hydrogens is 374 g/mol. The lowest BCUT2D eigenvalue weighted by Crippen LogP contribution is -2.45. The van der Waals surface area contributed by atoms with E-state index in [2.05, 4.69) is 21.9 Å². The number of benzene rings is 1. The normalized spacial score (nSPS) is 17.9. The number of rotatable bonds is 6. The fraction of sp³-hybridized carbons (Fsp3) is 0.450. The maximum Gasteiger partial charge on any atom is 0.242 e. The maximum absolute atomic E-state index is 13.0. The molecule has 0 radical (unpaired) electrons. The van der Waals surface area contributed by atoms with Crippen molar-refractivity contribution in [2.24, 2.45) is 0 Å². The molecule has 0 bridgehead atoms. The highest BCUT2D eigenvalue weighted by Gasteiger charge is 2.27. The molecule has 148 valence electrons. The number of para-hydroxylation sites is 1. The van der Waals surface area contributed by atoms with Crippen LogP contribution in [0.3, 0.4) is 0 Å². The zero-order chi connectivity index (χ0) is 19.5. The quantitative estimate of drug-likeness (QED) is 0.638. The summed E-state index contributed by atoms with van der Waals surface area (Å²) in [4.78, 5) is 21.6. The van der Waals surface area contributed by atoms with E-state index in [0.29, 0.717) is 26.2 Å². The second kappa shape index (κ2) is 8.38. The molecular formula is C20H25N5O2S. The third-order valence-electron chi connectivity index (χ3n) is 4.99.